The second kappa shape index (κ2) is 11.0. The molecule has 4 rings (SSSR count). The number of aromatic nitrogens is 3. The lowest BCUT2D eigenvalue weighted by Gasteiger charge is -2.13. The van der Waals surface area contributed by atoms with Crippen LogP contribution in [0.4, 0.5) is 0 Å². The minimum absolute atomic E-state index is 0. The lowest BCUT2D eigenvalue weighted by molar-refractivity contribution is 0.269. The summed E-state index contributed by atoms with van der Waals surface area (Å²) >= 11 is 6.27. The van der Waals surface area contributed by atoms with Crippen LogP contribution in [0.25, 0.3) is 22.6 Å². The predicted molar refractivity (Wildman–Crippen MR) is 139 cm³/mol. The summed E-state index contributed by atoms with van der Waals surface area (Å²) in [6, 6.07) is 18.1. The highest BCUT2D eigenvalue weighted by molar-refractivity contribution is 6.30. The maximum Gasteiger partial charge on any atom is 0.157 e. The first-order valence-corrected chi connectivity index (χ1v) is 11.3. The van der Waals surface area contributed by atoms with Crippen molar-refractivity contribution in [3.8, 4) is 17.3 Å². The first-order chi connectivity index (χ1) is 15.4. The van der Waals surface area contributed by atoms with Crippen molar-refractivity contribution in [3.05, 3.63) is 76.4 Å². The second-order valence-electron chi connectivity index (χ2n) is 8.82. The molecule has 0 atom stereocenters. The summed E-state index contributed by atoms with van der Waals surface area (Å²) in [6.07, 6.45) is 0.634. The Kier molecular flexibility index (Phi) is 8.35. The summed E-state index contributed by atoms with van der Waals surface area (Å²) in [5.74, 6) is 2.07. The molecule has 0 bridgehead atoms. The summed E-state index contributed by atoms with van der Waals surface area (Å²) in [5, 5.41) is 0.693. The lowest BCUT2D eigenvalue weighted by atomic mass is 10.1. The number of imidazole rings is 1. The number of benzene rings is 2. The van der Waals surface area contributed by atoms with E-state index in [4.69, 9.17) is 26.3 Å². The molecule has 1 N–H and O–H groups in total. The molecule has 2 heterocycles. The molecular formula is C26H30Cl2N4O. The van der Waals surface area contributed by atoms with Crippen LogP contribution < -0.4 is 4.74 Å². The van der Waals surface area contributed by atoms with Crippen molar-refractivity contribution in [1.29, 1.82) is 0 Å². The van der Waals surface area contributed by atoms with E-state index in [-0.39, 0.29) is 12.4 Å². The zero-order valence-corrected chi connectivity index (χ0v) is 21.0. The smallest absolute Gasteiger partial charge is 0.157 e. The van der Waals surface area contributed by atoms with E-state index in [1.807, 2.05) is 36.4 Å². The van der Waals surface area contributed by atoms with Crippen LogP contribution in [0.1, 0.15) is 30.7 Å². The van der Waals surface area contributed by atoms with Crippen molar-refractivity contribution >= 4 is 35.0 Å². The fourth-order valence-electron chi connectivity index (χ4n) is 3.63. The van der Waals surface area contributed by atoms with E-state index in [0.717, 1.165) is 46.1 Å². The summed E-state index contributed by atoms with van der Waals surface area (Å²) in [5.41, 5.74) is 5.99. The van der Waals surface area contributed by atoms with Crippen LogP contribution in [-0.2, 0) is 13.0 Å². The second-order valence-corrected chi connectivity index (χ2v) is 9.26. The molecule has 0 fully saturated rings. The number of aromatic amines is 1. The van der Waals surface area contributed by atoms with E-state index in [0.29, 0.717) is 24.0 Å². The maximum absolute atomic E-state index is 6.27. The number of nitrogens with zero attached hydrogens (tertiary/aromatic N) is 3. The molecule has 0 saturated heterocycles. The van der Waals surface area contributed by atoms with Gasteiger partial charge in [0.25, 0.3) is 0 Å². The standard InChI is InChI=1S/C26H29ClN4O.ClH/c1-17(2)16-32-25-11-9-20(27)13-19(25)14-21-6-5-7-23(28-21)26-29-22-10-8-18(15-31(3)4)12-24(22)30-26;/h5-13,17H,14-16H2,1-4H3,(H,29,30);1H. The van der Waals surface area contributed by atoms with Crippen molar-refractivity contribution in [1.82, 2.24) is 19.9 Å². The van der Waals surface area contributed by atoms with Gasteiger partial charge in [0.2, 0.25) is 0 Å². The quantitative estimate of drug-likeness (QED) is 0.314. The number of halogens is 2. The SMILES string of the molecule is CC(C)COc1ccc(Cl)cc1Cc1cccc(-c2nc3ccc(CN(C)C)cc3[nH]2)n1.Cl. The van der Waals surface area contributed by atoms with E-state index in [1.54, 1.807) is 0 Å². The fourth-order valence-corrected chi connectivity index (χ4v) is 3.82. The Bertz CT molecular complexity index is 1220. The van der Waals surface area contributed by atoms with Gasteiger partial charge in [0.15, 0.2) is 5.82 Å². The molecule has 5 nitrogen and oxygen atoms in total. The molecule has 7 heteroatoms. The molecule has 0 aliphatic rings. The number of rotatable bonds is 8. The average Bonchev–Trinajstić information content (AvgIpc) is 3.16. The summed E-state index contributed by atoms with van der Waals surface area (Å²) < 4.78 is 6.01. The van der Waals surface area contributed by atoms with Gasteiger partial charge in [-0.1, -0.05) is 37.6 Å². The first kappa shape index (κ1) is 25.0. The number of hydrogen-bond donors (Lipinski definition) is 1. The van der Waals surface area contributed by atoms with Gasteiger partial charge >= 0.3 is 0 Å². The number of fused-ring (bicyclic) bond motifs is 1. The molecule has 33 heavy (non-hydrogen) atoms. The Labute approximate surface area is 206 Å². The van der Waals surface area contributed by atoms with Crippen LogP contribution in [0.2, 0.25) is 5.02 Å². The van der Waals surface area contributed by atoms with Crippen LogP contribution in [0.5, 0.6) is 5.75 Å². The summed E-state index contributed by atoms with van der Waals surface area (Å²) in [6.45, 7) is 5.82. The van der Waals surface area contributed by atoms with E-state index in [2.05, 4.69) is 56.0 Å². The number of nitrogens with one attached hydrogen (secondary N) is 1. The highest BCUT2D eigenvalue weighted by Gasteiger charge is 2.11. The van der Waals surface area contributed by atoms with Crippen LogP contribution in [-0.4, -0.2) is 40.6 Å². The minimum atomic E-state index is 0. The molecule has 4 aromatic rings. The van der Waals surface area contributed by atoms with Crippen molar-refractivity contribution in [3.63, 3.8) is 0 Å². The minimum Gasteiger partial charge on any atom is -0.493 e. The summed E-state index contributed by atoms with van der Waals surface area (Å²) in [4.78, 5) is 15.2. The van der Waals surface area contributed by atoms with E-state index >= 15 is 0 Å². The molecule has 0 saturated carbocycles. The van der Waals surface area contributed by atoms with Gasteiger partial charge in [-0.05, 0) is 68.0 Å². The third-order valence-electron chi connectivity index (χ3n) is 5.06. The van der Waals surface area contributed by atoms with Gasteiger partial charge < -0.3 is 14.6 Å². The van der Waals surface area contributed by atoms with Gasteiger partial charge in [0.05, 0.1) is 17.6 Å². The molecule has 0 radical (unpaired) electrons. The zero-order chi connectivity index (χ0) is 22.7. The average molecular weight is 485 g/mol. The first-order valence-electron chi connectivity index (χ1n) is 10.9. The van der Waals surface area contributed by atoms with E-state index in [1.165, 1.54) is 5.56 Å². The highest BCUT2D eigenvalue weighted by Crippen LogP contribution is 2.27. The Morgan fingerprint density at radius 1 is 1.03 bits per heavy atom. The predicted octanol–water partition coefficient (Wildman–Crippen LogP) is 6.39. The van der Waals surface area contributed by atoms with E-state index < -0.39 is 0 Å². The molecule has 0 amide bonds. The van der Waals surface area contributed by atoms with Crippen molar-refractivity contribution < 1.29 is 4.74 Å². The van der Waals surface area contributed by atoms with Crippen molar-refractivity contribution in [2.24, 2.45) is 5.92 Å². The molecule has 2 aromatic carbocycles. The van der Waals surface area contributed by atoms with Gasteiger partial charge in [-0.25, -0.2) is 9.97 Å². The largest absolute Gasteiger partial charge is 0.493 e. The Hall–Kier alpha value is -2.60. The normalized spacial score (nSPS) is 11.2. The van der Waals surface area contributed by atoms with Gasteiger partial charge in [-0.15, -0.1) is 12.4 Å². The van der Waals surface area contributed by atoms with Gasteiger partial charge in [0, 0.05) is 29.2 Å². The molecule has 0 aliphatic carbocycles. The maximum atomic E-state index is 6.27. The van der Waals surface area contributed by atoms with Crippen LogP contribution >= 0.6 is 24.0 Å². The Balaban J connectivity index is 0.00000306. The van der Waals surface area contributed by atoms with Gasteiger partial charge in [-0.2, -0.15) is 0 Å². The number of pyridine rings is 1. The highest BCUT2D eigenvalue weighted by atomic mass is 35.5. The Morgan fingerprint density at radius 2 is 1.85 bits per heavy atom. The molecular weight excluding hydrogens is 455 g/mol. The van der Waals surface area contributed by atoms with Crippen molar-refractivity contribution in [2.45, 2.75) is 26.8 Å². The Morgan fingerprint density at radius 3 is 2.61 bits per heavy atom. The number of ether oxygens (including phenoxy) is 1. The van der Waals surface area contributed by atoms with Crippen LogP contribution in [0.3, 0.4) is 0 Å². The van der Waals surface area contributed by atoms with E-state index in [9.17, 15) is 0 Å². The molecule has 174 valence electrons. The number of hydrogen-bond acceptors (Lipinski definition) is 4. The topological polar surface area (TPSA) is 54.0 Å². The van der Waals surface area contributed by atoms with Gasteiger partial charge in [-0.3, -0.25) is 0 Å². The third-order valence-corrected chi connectivity index (χ3v) is 5.30. The van der Waals surface area contributed by atoms with Gasteiger partial charge in [0.1, 0.15) is 11.4 Å². The summed E-state index contributed by atoms with van der Waals surface area (Å²) in [7, 11) is 4.13. The number of H-pyrrole nitrogens is 1. The van der Waals surface area contributed by atoms with Crippen LogP contribution in [0, 0.1) is 5.92 Å². The molecule has 2 aromatic heterocycles. The molecule has 0 spiro atoms. The lowest BCUT2D eigenvalue weighted by Crippen LogP contribution is -2.10. The fraction of sp³-hybridized carbons (Fsp3) is 0.308. The molecule has 0 unspecified atom stereocenters. The monoisotopic (exact) mass is 484 g/mol. The van der Waals surface area contributed by atoms with Crippen LogP contribution in [0.15, 0.2) is 54.6 Å². The third kappa shape index (κ3) is 6.47. The zero-order valence-electron chi connectivity index (χ0n) is 19.4. The molecule has 0 aliphatic heterocycles. The van der Waals surface area contributed by atoms with Crippen molar-refractivity contribution in [2.75, 3.05) is 20.7 Å².